The minimum absolute atomic E-state index is 0.279. The molecule has 0 amide bonds. The molecule has 0 saturated heterocycles. The van der Waals surface area contributed by atoms with Crippen molar-refractivity contribution in [2.75, 3.05) is 0 Å². The lowest BCUT2D eigenvalue weighted by Gasteiger charge is -2.25. The Bertz CT molecular complexity index is 542. The average molecular weight is 289 g/mol. The zero-order chi connectivity index (χ0) is 14.7. The van der Waals surface area contributed by atoms with Crippen molar-refractivity contribution in [1.82, 2.24) is 20.1 Å². The molecule has 1 saturated carbocycles. The number of aromatic amines is 1. The van der Waals surface area contributed by atoms with Gasteiger partial charge in [-0.2, -0.15) is 4.98 Å². The topological polar surface area (TPSA) is 93.6 Å². The normalized spacial score (nSPS) is 24.1. The summed E-state index contributed by atoms with van der Waals surface area (Å²) >= 11 is 0. The fourth-order valence-corrected chi connectivity index (χ4v) is 3.11. The molecule has 114 valence electrons. The summed E-state index contributed by atoms with van der Waals surface area (Å²) in [6.45, 7) is 2.27. The number of nitrogens with two attached hydrogens (primary N) is 1. The van der Waals surface area contributed by atoms with Gasteiger partial charge in [0.1, 0.15) is 0 Å². The van der Waals surface area contributed by atoms with Gasteiger partial charge in [0.15, 0.2) is 5.82 Å². The fourth-order valence-electron chi connectivity index (χ4n) is 3.11. The van der Waals surface area contributed by atoms with Gasteiger partial charge in [-0.05, 0) is 31.6 Å². The second kappa shape index (κ2) is 6.39. The lowest BCUT2D eigenvalue weighted by atomic mass is 9.80. The SMILES string of the molecule is CCC1CCC(c2noc([C@@H](N)Cc3cnc[nH]3)n2)CC1. The van der Waals surface area contributed by atoms with Crippen molar-refractivity contribution < 1.29 is 4.52 Å². The summed E-state index contributed by atoms with van der Waals surface area (Å²) in [7, 11) is 0. The Morgan fingerprint density at radius 3 is 2.86 bits per heavy atom. The molecule has 6 nitrogen and oxygen atoms in total. The molecule has 1 fully saturated rings. The van der Waals surface area contributed by atoms with Crippen LogP contribution in [0.5, 0.6) is 0 Å². The molecule has 0 bridgehead atoms. The Hall–Kier alpha value is -1.69. The zero-order valence-electron chi connectivity index (χ0n) is 12.5. The lowest BCUT2D eigenvalue weighted by Crippen LogP contribution is -2.15. The van der Waals surface area contributed by atoms with Crippen LogP contribution < -0.4 is 5.73 Å². The number of H-pyrrole nitrogens is 1. The van der Waals surface area contributed by atoms with Gasteiger partial charge < -0.3 is 15.2 Å². The minimum Gasteiger partial charge on any atom is -0.348 e. The maximum absolute atomic E-state index is 6.13. The number of nitrogens with zero attached hydrogens (tertiary/aromatic N) is 3. The summed E-state index contributed by atoms with van der Waals surface area (Å²) in [5, 5.41) is 4.15. The van der Waals surface area contributed by atoms with Gasteiger partial charge in [-0.3, -0.25) is 0 Å². The van der Waals surface area contributed by atoms with E-state index in [1.165, 1.54) is 19.3 Å². The number of hydrogen-bond acceptors (Lipinski definition) is 5. The molecular formula is C15H23N5O. The first-order chi connectivity index (χ1) is 10.3. The lowest BCUT2D eigenvalue weighted by molar-refractivity contribution is 0.301. The van der Waals surface area contributed by atoms with Gasteiger partial charge in [0.05, 0.1) is 12.4 Å². The molecule has 0 spiro atoms. The number of hydrogen-bond donors (Lipinski definition) is 2. The van der Waals surface area contributed by atoms with Crippen molar-refractivity contribution in [3.05, 3.63) is 29.9 Å². The van der Waals surface area contributed by atoms with Crippen LogP contribution in [0.3, 0.4) is 0 Å². The van der Waals surface area contributed by atoms with Crippen molar-refractivity contribution >= 4 is 0 Å². The van der Waals surface area contributed by atoms with Crippen LogP contribution in [0.15, 0.2) is 17.0 Å². The monoisotopic (exact) mass is 289 g/mol. The molecule has 2 aromatic heterocycles. The Morgan fingerprint density at radius 2 is 2.19 bits per heavy atom. The molecule has 2 aromatic rings. The Labute approximate surface area is 124 Å². The molecule has 0 aromatic carbocycles. The molecule has 1 aliphatic carbocycles. The summed E-state index contributed by atoms with van der Waals surface area (Å²) in [4.78, 5) is 11.6. The average Bonchev–Trinajstić information content (AvgIpc) is 3.18. The molecule has 6 heteroatoms. The maximum Gasteiger partial charge on any atom is 0.243 e. The van der Waals surface area contributed by atoms with Gasteiger partial charge in [0.25, 0.3) is 0 Å². The molecule has 2 heterocycles. The Kier molecular flexibility index (Phi) is 4.34. The fraction of sp³-hybridized carbons (Fsp3) is 0.667. The highest BCUT2D eigenvalue weighted by Crippen LogP contribution is 2.35. The third kappa shape index (κ3) is 3.32. The molecule has 0 unspecified atom stereocenters. The second-order valence-corrected chi connectivity index (χ2v) is 6.00. The van der Waals surface area contributed by atoms with Crippen molar-refractivity contribution in [1.29, 1.82) is 0 Å². The standard InChI is InChI=1S/C15H23N5O/c1-2-10-3-5-11(6-4-10)14-19-15(21-20-14)13(16)7-12-8-17-9-18-12/h8-11,13H,2-7,16H2,1H3,(H,17,18)/t10?,11?,13-/m0/s1. The molecule has 3 N–H and O–H groups in total. The number of rotatable bonds is 5. The van der Waals surface area contributed by atoms with E-state index in [2.05, 4.69) is 27.0 Å². The van der Waals surface area contributed by atoms with Crippen molar-refractivity contribution in [3.8, 4) is 0 Å². The maximum atomic E-state index is 6.13. The highest BCUT2D eigenvalue weighted by molar-refractivity contribution is 5.04. The van der Waals surface area contributed by atoms with Crippen LogP contribution in [0.1, 0.15) is 68.4 Å². The largest absolute Gasteiger partial charge is 0.348 e. The van der Waals surface area contributed by atoms with Gasteiger partial charge in [0, 0.05) is 24.2 Å². The Balaban J connectivity index is 1.61. The van der Waals surface area contributed by atoms with E-state index < -0.39 is 0 Å². The summed E-state index contributed by atoms with van der Waals surface area (Å²) in [6, 6.07) is -0.279. The van der Waals surface area contributed by atoms with E-state index >= 15 is 0 Å². The smallest absolute Gasteiger partial charge is 0.243 e. The molecule has 3 rings (SSSR count). The van der Waals surface area contributed by atoms with E-state index in [9.17, 15) is 0 Å². The van der Waals surface area contributed by atoms with Crippen molar-refractivity contribution in [3.63, 3.8) is 0 Å². The van der Waals surface area contributed by atoms with Gasteiger partial charge in [0.2, 0.25) is 5.89 Å². The zero-order valence-corrected chi connectivity index (χ0v) is 12.5. The second-order valence-electron chi connectivity index (χ2n) is 6.00. The van der Waals surface area contributed by atoms with Crippen LogP contribution in [0.2, 0.25) is 0 Å². The first-order valence-electron chi connectivity index (χ1n) is 7.82. The van der Waals surface area contributed by atoms with Crippen LogP contribution in [0.4, 0.5) is 0 Å². The third-order valence-electron chi connectivity index (χ3n) is 4.56. The van der Waals surface area contributed by atoms with Crippen molar-refractivity contribution in [2.45, 2.75) is 57.4 Å². The molecule has 1 aliphatic rings. The minimum atomic E-state index is -0.279. The summed E-state index contributed by atoms with van der Waals surface area (Å²) in [5.41, 5.74) is 7.11. The van der Waals surface area contributed by atoms with Gasteiger partial charge in [-0.15, -0.1) is 0 Å². The number of imidazole rings is 1. The molecular weight excluding hydrogens is 266 g/mol. The summed E-state index contributed by atoms with van der Waals surface area (Å²) in [5.74, 6) is 2.66. The van der Waals surface area contributed by atoms with Crippen LogP contribution in [-0.2, 0) is 6.42 Å². The predicted molar refractivity (Wildman–Crippen MR) is 78.5 cm³/mol. The first kappa shape index (κ1) is 14.3. The predicted octanol–water partition coefficient (Wildman–Crippen LogP) is 2.72. The molecule has 1 atom stereocenters. The van der Waals surface area contributed by atoms with E-state index in [0.717, 1.165) is 30.3 Å². The highest BCUT2D eigenvalue weighted by atomic mass is 16.5. The molecule has 0 aliphatic heterocycles. The van der Waals surface area contributed by atoms with Gasteiger partial charge >= 0.3 is 0 Å². The molecule has 0 radical (unpaired) electrons. The number of nitrogens with one attached hydrogen (secondary N) is 1. The van der Waals surface area contributed by atoms with Crippen LogP contribution in [0.25, 0.3) is 0 Å². The van der Waals surface area contributed by atoms with Crippen LogP contribution in [-0.4, -0.2) is 20.1 Å². The molecule has 21 heavy (non-hydrogen) atoms. The van der Waals surface area contributed by atoms with E-state index in [4.69, 9.17) is 10.3 Å². The third-order valence-corrected chi connectivity index (χ3v) is 4.56. The highest BCUT2D eigenvalue weighted by Gasteiger charge is 2.26. The van der Waals surface area contributed by atoms with Gasteiger partial charge in [-0.1, -0.05) is 18.5 Å². The first-order valence-corrected chi connectivity index (χ1v) is 7.82. The van der Waals surface area contributed by atoms with Crippen LogP contribution in [0, 0.1) is 5.92 Å². The number of aromatic nitrogens is 4. The van der Waals surface area contributed by atoms with E-state index in [1.54, 1.807) is 12.5 Å². The Morgan fingerprint density at radius 1 is 1.38 bits per heavy atom. The summed E-state index contributed by atoms with van der Waals surface area (Å²) < 4.78 is 5.36. The van der Waals surface area contributed by atoms with E-state index in [-0.39, 0.29) is 6.04 Å². The van der Waals surface area contributed by atoms with Gasteiger partial charge in [-0.25, -0.2) is 4.98 Å². The van der Waals surface area contributed by atoms with E-state index in [0.29, 0.717) is 18.2 Å². The van der Waals surface area contributed by atoms with E-state index in [1.807, 2.05) is 0 Å². The van der Waals surface area contributed by atoms with Crippen molar-refractivity contribution in [2.24, 2.45) is 11.7 Å². The summed E-state index contributed by atoms with van der Waals surface area (Å²) in [6.07, 6.45) is 10.2. The van der Waals surface area contributed by atoms with Crippen LogP contribution >= 0.6 is 0 Å². The quantitative estimate of drug-likeness (QED) is 0.882.